The van der Waals surface area contributed by atoms with Crippen molar-refractivity contribution in [2.45, 2.75) is 18.9 Å². The molecule has 4 aliphatic heterocycles. The van der Waals surface area contributed by atoms with Crippen molar-refractivity contribution in [2.75, 3.05) is 45.8 Å². The summed E-state index contributed by atoms with van der Waals surface area (Å²) in [6.45, 7) is 7.38. The minimum Gasteiger partial charge on any atom is -0.335 e. The maximum atomic E-state index is 12.4. The van der Waals surface area contributed by atoms with Crippen molar-refractivity contribution in [2.24, 2.45) is 5.92 Å². The van der Waals surface area contributed by atoms with Gasteiger partial charge < -0.3 is 9.80 Å². The molecule has 0 unspecified atom stereocenters. The highest BCUT2D eigenvalue weighted by Crippen LogP contribution is 2.31. The minimum atomic E-state index is 0.0154. The SMILES string of the molecule is O=C(c1cccnn1)N1CCN([C@H]2CN3CCC2CC3)CC1. The number of amides is 1. The number of piperidine rings is 3. The molecule has 0 N–H and O–H groups in total. The van der Waals surface area contributed by atoms with E-state index in [1.165, 1.54) is 32.5 Å². The zero-order chi connectivity index (χ0) is 14.9. The van der Waals surface area contributed by atoms with E-state index in [0.717, 1.165) is 32.1 Å². The third-order valence-electron chi connectivity index (χ3n) is 5.48. The second-order valence-corrected chi connectivity index (χ2v) is 6.64. The molecule has 22 heavy (non-hydrogen) atoms. The molecule has 0 spiro atoms. The van der Waals surface area contributed by atoms with Gasteiger partial charge in [0.1, 0.15) is 0 Å². The first-order valence-corrected chi connectivity index (χ1v) is 8.34. The van der Waals surface area contributed by atoms with Crippen LogP contribution >= 0.6 is 0 Å². The van der Waals surface area contributed by atoms with E-state index in [9.17, 15) is 4.79 Å². The van der Waals surface area contributed by atoms with Crippen LogP contribution in [-0.4, -0.2) is 82.7 Å². The summed E-state index contributed by atoms with van der Waals surface area (Å²) in [5.41, 5.74) is 0.457. The van der Waals surface area contributed by atoms with Crippen molar-refractivity contribution in [3.8, 4) is 0 Å². The van der Waals surface area contributed by atoms with E-state index < -0.39 is 0 Å². The van der Waals surface area contributed by atoms with Crippen molar-refractivity contribution in [1.82, 2.24) is 24.9 Å². The maximum Gasteiger partial charge on any atom is 0.274 e. The highest BCUT2D eigenvalue weighted by molar-refractivity contribution is 5.92. The van der Waals surface area contributed by atoms with Crippen LogP contribution < -0.4 is 0 Å². The van der Waals surface area contributed by atoms with Gasteiger partial charge in [0, 0.05) is 45.0 Å². The van der Waals surface area contributed by atoms with E-state index in [-0.39, 0.29) is 5.91 Å². The van der Waals surface area contributed by atoms with Gasteiger partial charge in [0.15, 0.2) is 5.69 Å². The van der Waals surface area contributed by atoms with E-state index in [0.29, 0.717) is 11.7 Å². The first-order chi connectivity index (χ1) is 10.8. The monoisotopic (exact) mass is 301 g/mol. The molecule has 0 saturated carbocycles. The molecule has 5 rings (SSSR count). The minimum absolute atomic E-state index is 0.0154. The smallest absolute Gasteiger partial charge is 0.274 e. The van der Waals surface area contributed by atoms with Crippen molar-refractivity contribution in [3.05, 3.63) is 24.0 Å². The molecule has 1 aromatic heterocycles. The Bertz CT molecular complexity index is 521. The summed E-state index contributed by atoms with van der Waals surface area (Å²) in [5, 5.41) is 7.73. The fraction of sp³-hybridized carbons (Fsp3) is 0.688. The third-order valence-corrected chi connectivity index (χ3v) is 5.48. The average Bonchev–Trinajstić information content (AvgIpc) is 2.63. The van der Waals surface area contributed by atoms with Gasteiger partial charge in [-0.25, -0.2) is 0 Å². The highest BCUT2D eigenvalue weighted by Gasteiger charge is 2.38. The number of fused-ring (bicyclic) bond motifs is 3. The van der Waals surface area contributed by atoms with Crippen LogP contribution in [0.15, 0.2) is 18.3 Å². The largest absolute Gasteiger partial charge is 0.335 e. The van der Waals surface area contributed by atoms with Crippen LogP contribution in [0.25, 0.3) is 0 Å². The first kappa shape index (κ1) is 14.1. The van der Waals surface area contributed by atoms with Gasteiger partial charge in [-0.05, 0) is 44.0 Å². The molecule has 0 radical (unpaired) electrons. The number of carbonyl (C=O) groups is 1. The van der Waals surface area contributed by atoms with E-state index in [1.807, 2.05) is 4.90 Å². The second-order valence-electron chi connectivity index (χ2n) is 6.64. The number of hydrogen-bond acceptors (Lipinski definition) is 5. The normalized spacial score (nSPS) is 32.2. The number of piperazine rings is 1. The number of nitrogens with zero attached hydrogens (tertiary/aromatic N) is 5. The summed E-state index contributed by atoms with van der Waals surface area (Å²) in [4.78, 5) is 19.5. The Hall–Kier alpha value is -1.53. The molecule has 6 nitrogen and oxygen atoms in total. The summed E-state index contributed by atoms with van der Waals surface area (Å²) in [7, 11) is 0. The Balaban J connectivity index is 1.36. The first-order valence-electron chi connectivity index (χ1n) is 8.34. The van der Waals surface area contributed by atoms with E-state index in [2.05, 4.69) is 20.0 Å². The molecule has 4 fully saturated rings. The van der Waals surface area contributed by atoms with Crippen molar-refractivity contribution in [3.63, 3.8) is 0 Å². The molecule has 2 bridgehead atoms. The number of carbonyl (C=O) groups excluding carboxylic acids is 1. The molecule has 118 valence electrons. The lowest BCUT2D eigenvalue weighted by Gasteiger charge is -2.50. The van der Waals surface area contributed by atoms with Crippen LogP contribution in [0.4, 0.5) is 0 Å². The van der Waals surface area contributed by atoms with Crippen LogP contribution in [0.1, 0.15) is 23.3 Å². The lowest BCUT2D eigenvalue weighted by atomic mass is 9.83. The Morgan fingerprint density at radius 2 is 1.86 bits per heavy atom. The lowest BCUT2D eigenvalue weighted by molar-refractivity contribution is -0.0132. The van der Waals surface area contributed by atoms with Crippen molar-refractivity contribution in [1.29, 1.82) is 0 Å². The van der Waals surface area contributed by atoms with Gasteiger partial charge in [0.25, 0.3) is 5.91 Å². The van der Waals surface area contributed by atoms with Gasteiger partial charge >= 0.3 is 0 Å². The van der Waals surface area contributed by atoms with E-state index >= 15 is 0 Å². The van der Waals surface area contributed by atoms with Gasteiger partial charge in [-0.1, -0.05) is 0 Å². The van der Waals surface area contributed by atoms with Gasteiger partial charge in [0.2, 0.25) is 0 Å². The summed E-state index contributed by atoms with van der Waals surface area (Å²) >= 11 is 0. The fourth-order valence-corrected chi connectivity index (χ4v) is 4.18. The molecule has 4 aliphatic rings. The molecule has 0 aromatic carbocycles. The van der Waals surface area contributed by atoms with Crippen LogP contribution in [0, 0.1) is 5.92 Å². The number of rotatable bonds is 2. The quantitative estimate of drug-likeness (QED) is 0.788. The lowest BCUT2D eigenvalue weighted by Crippen LogP contribution is -2.61. The zero-order valence-corrected chi connectivity index (χ0v) is 12.9. The Morgan fingerprint density at radius 3 is 2.45 bits per heavy atom. The summed E-state index contributed by atoms with van der Waals surface area (Å²) in [6.07, 6.45) is 4.30. The standard InChI is InChI=1S/C16H23N5O/c22-16(14-2-1-5-17-18-14)21-10-8-20(9-11-21)15-12-19-6-3-13(15)4-7-19/h1-2,5,13,15H,3-4,6-12H2/t15-/m0/s1. The Morgan fingerprint density at radius 1 is 1.09 bits per heavy atom. The number of hydrogen-bond donors (Lipinski definition) is 0. The molecular weight excluding hydrogens is 278 g/mol. The predicted molar refractivity (Wildman–Crippen MR) is 82.5 cm³/mol. The van der Waals surface area contributed by atoms with Crippen LogP contribution in [0.5, 0.6) is 0 Å². The predicted octanol–water partition coefficient (Wildman–Crippen LogP) is 0.329. The zero-order valence-electron chi connectivity index (χ0n) is 12.9. The summed E-state index contributed by atoms with van der Waals surface area (Å²) in [6, 6.07) is 4.22. The van der Waals surface area contributed by atoms with Crippen molar-refractivity contribution >= 4 is 5.91 Å². The summed E-state index contributed by atoms with van der Waals surface area (Å²) in [5.74, 6) is 0.883. The molecule has 6 heteroatoms. The Labute approximate surface area is 131 Å². The summed E-state index contributed by atoms with van der Waals surface area (Å²) < 4.78 is 0. The van der Waals surface area contributed by atoms with Crippen LogP contribution in [0.3, 0.4) is 0 Å². The average molecular weight is 301 g/mol. The molecule has 0 aliphatic carbocycles. The van der Waals surface area contributed by atoms with Crippen LogP contribution in [-0.2, 0) is 0 Å². The highest BCUT2D eigenvalue weighted by atomic mass is 16.2. The molecular formula is C16H23N5O. The van der Waals surface area contributed by atoms with Crippen molar-refractivity contribution < 1.29 is 4.79 Å². The molecule has 4 saturated heterocycles. The van der Waals surface area contributed by atoms with E-state index in [1.54, 1.807) is 18.3 Å². The van der Waals surface area contributed by atoms with Gasteiger partial charge in [-0.15, -0.1) is 5.10 Å². The van der Waals surface area contributed by atoms with E-state index in [4.69, 9.17) is 0 Å². The molecule has 1 aromatic rings. The Kier molecular flexibility index (Phi) is 3.80. The third kappa shape index (κ3) is 2.61. The molecule has 5 heterocycles. The number of aromatic nitrogens is 2. The van der Waals surface area contributed by atoms with Gasteiger partial charge in [-0.3, -0.25) is 9.69 Å². The maximum absolute atomic E-state index is 12.4. The van der Waals surface area contributed by atoms with Crippen LogP contribution in [0.2, 0.25) is 0 Å². The molecule has 1 amide bonds. The topological polar surface area (TPSA) is 52.6 Å². The van der Waals surface area contributed by atoms with Gasteiger partial charge in [-0.2, -0.15) is 5.10 Å². The van der Waals surface area contributed by atoms with Gasteiger partial charge in [0.05, 0.1) is 0 Å². The second kappa shape index (κ2) is 5.93. The fourth-order valence-electron chi connectivity index (χ4n) is 4.18. The molecule has 1 atom stereocenters.